The highest BCUT2D eigenvalue weighted by molar-refractivity contribution is 6.29. The summed E-state index contributed by atoms with van der Waals surface area (Å²) in [6.07, 6.45) is 15.4. The lowest BCUT2D eigenvalue weighted by Crippen LogP contribution is -2.27. The summed E-state index contributed by atoms with van der Waals surface area (Å²) >= 11 is 5.66. The third kappa shape index (κ3) is 11.4. The zero-order valence-electron chi connectivity index (χ0n) is 34.3. The number of halogens is 1. The van der Waals surface area contributed by atoms with Crippen LogP contribution in [0.4, 0.5) is 11.4 Å². The van der Waals surface area contributed by atoms with E-state index in [1.54, 1.807) is 43.1 Å². The Hall–Kier alpha value is -6.39. The smallest absolute Gasteiger partial charge is 0.226 e. The minimum atomic E-state index is 0.0676. The molecule has 6 heterocycles. The van der Waals surface area contributed by atoms with Crippen LogP contribution < -0.4 is 9.80 Å². The predicted octanol–water partition coefficient (Wildman–Crippen LogP) is 9.50. The average Bonchev–Trinajstić information content (AvgIpc) is 3.92. The van der Waals surface area contributed by atoms with Crippen LogP contribution in [0.5, 0.6) is 0 Å². The van der Waals surface area contributed by atoms with Crippen molar-refractivity contribution in [3.63, 3.8) is 0 Å². The molecule has 0 spiro atoms. The number of nitrogens with zero attached hydrogens (tertiary/aromatic N) is 6. The molecule has 10 nitrogen and oxygen atoms in total. The Labute approximate surface area is 356 Å². The Morgan fingerprint density at radius 3 is 1.63 bits per heavy atom. The van der Waals surface area contributed by atoms with Gasteiger partial charge >= 0.3 is 0 Å². The maximum atomic E-state index is 12.4. The second kappa shape index (κ2) is 21.0. The van der Waals surface area contributed by atoms with E-state index in [9.17, 15) is 19.2 Å². The first-order valence-corrected chi connectivity index (χ1v) is 20.8. The van der Waals surface area contributed by atoms with Crippen molar-refractivity contribution in [1.82, 2.24) is 19.9 Å². The molecule has 0 saturated carbocycles. The quantitative estimate of drug-likeness (QED) is 0.0935. The van der Waals surface area contributed by atoms with Crippen molar-refractivity contribution < 1.29 is 19.2 Å². The molecule has 2 aliphatic heterocycles. The molecule has 60 heavy (non-hydrogen) atoms. The molecular formula is C49H49ClN6O4. The highest BCUT2D eigenvalue weighted by Crippen LogP contribution is 2.32. The molecule has 0 saturated heterocycles. The van der Waals surface area contributed by atoms with E-state index in [-0.39, 0.29) is 23.4 Å². The van der Waals surface area contributed by atoms with E-state index in [1.807, 2.05) is 72.2 Å². The molecule has 8 rings (SSSR count). The van der Waals surface area contributed by atoms with Crippen molar-refractivity contribution in [2.45, 2.75) is 72.1 Å². The molecule has 2 aromatic carbocycles. The number of rotatable bonds is 11. The molecule has 0 radical (unpaired) electrons. The van der Waals surface area contributed by atoms with Gasteiger partial charge in [-0.2, -0.15) is 0 Å². The molecule has 4 aromatic heterocycles. The number of aryl methyl sites for hydroxylation is 3. The first-order valence-electron chi connectivity index (χ1n) is 20.4. The second-order valence-electron chi connectivity index (χ2n) is 14.6. The maximum Gasteiger partial charge on any atom is 0.226 e. The molecule has 306 valence electrons. The zero-order valence-corrected chi connectivity index (χ0v) is 35.1. The van der Waals surface area contributed by atoms with Crippen LogP contribution in [0.1, 0.15) is 88.1 Å². The van der Waals surface area contributed by atoms with Gasteiger partial charge in [0.05, 0.1) is 5.69 Å². The molecule has 6 aromatic rings. The summed E-state index contributed by atoms with van der Waals surface area (Å²) in [5, 5.41) is 0.397. The molecule has 0 fully saturated rings. The number of carbonyl (C=O) groups is 4. The van der Waals surface area contributed by atoms with Gasteiger partial charge in [-0.05, 0) is 109 Å². The van der Waals surface area contributed by atoms with E-state index >= 15 is 0 Å². The van der Waals surface area contributed by atoms with Gasteiger partial charge in [0.2, 0.25) is 11.8 Å². The summed E-state index contributed by atoms with van der Waals surface area (Å²) in [4.78, 5) is 68.2. The molecule has 2 aliphatic rings. The fraction of sp³-hybridized carbons (Fsp3) is 0.265. The van der Waals surface area contributed by atoms with Gasteiger partial charge in [0, 0.05) is 104 Å². The van der Waals surface area contributed by atoms with E-state index < -0.39 is 0 Å². The van der Waals surface area contributed by atoms with Crippen LogP contribution in [0.25, 0.3) is 11.3 Å². The van der Waals surface area contributed by atoms with Crippen LogP contribution in [-0.4, -0.2) is 56.4 Å². The average molecular weight is 821 g/mol. The van der Waals surface area contributed by atoms with E-state index in [0.717, 1.165) is 59.7 Å². The molecule has 0 atom stereocenters. The fourth-order valence-electron chi connectivity index (χ4n) is 7.16. The normalized spacial score (nSPS) is 12.3. The Morgan fingerprint density at radius 2 is 1.15 bits per heavy atom. The van der Waals surface area contributed by atoms with E-state index in [2.05, 4.69) is 51.1 Å². The number of hydrogen-bond donors (Lipinski definition) is 0. The summed E-state index contributed by atoms with van der Waals surface area (Å²) < 4.78 is 0. The number of carbonyl (C=O) groups excluding carboxylic acids is 4. The maximum absolute atomic E-state index is 12.4. The molecule has 0 N–H and O–H groups in total. The lowest BCUT2D eigenvalue weighted by atomic mass is 10.0. The third-order valence-electron chi connectivity index (χ3n) is 10.5. The number of fused-ring (bicyclic) bond motifs is 2. The van der Waals surface area contributed by atoms with E-state index in [0.29, 0.717) is 54.8 Å². The molecular weight excluding hydrogens is 772 g/mol. The number of Topliss-reactive ketones (excluding diaryl/α,β-unsaturated/α-hetero) is 2. The molecule has 0 aliphatic carbocycles. The van der Waals surface area contributed by atoms with Gasteiger partial charge < -0.3 is 9.80 Å². The van der Waals surface area contributed by atoms with Gasteiger partial charge in [0.1, 0.15) is 5.15 Å². The van der Waals surface area contributed by atoms with Crippen LogP contribution in [-0.2, 0) is 35.3 Å². The molecule has 11 heteroatoms. The van der Waals surface area contributed by atoms with Gasteiger partial charge in [0.15, 0.2) is 11.6 Å². The van der Waals surface area contributed by atoms with Gasteiger partial charge in [0.25, 0.3) is 0 Å². The van der Waals surface area contributed by atoms with E-state index in [1.165, 1.54) is 22.9 Å². The number of amides is 2. The highest BCUT2D eigenvalue weighted by Gasteiger charge is 2.24. The van der Waals surface area contributed by atoms with Crippen molar-refractivity contribution >= 4 is 46.4 Å². The standard InChI is InChI=1S/C24H23N3O2.C13H11ClN2O.C12H15NO/c1-2-24(29)27-13-11-19-14-18(7-9-22(19)27)21-8-6-20(16-26-21)23(28)10-5-17-4-3-12-25-15-17;14-13-6-4-11(9-16-13)12(17)5-3-10-2-1-7-15-8-10;1-3-12(14)13-7-6-10-8-9(2)4-5-11(10)13/h3-4,6-9,12,14-16H,2,5,10-11,13H2,1H3;1-2,4,6-9H,3,5H2;4-5,8H,3,6-7H2,1-2H3. The summed E-state index contributed by atoms with van der Waals surface area (Å²) in [7, 11) is 0. The van der Waals surface area contributed by atoms with Crippen molar-refractivity contribution in [3.05, 3.63) is 166 Å². The zero-order chi connectivity index (χ0) is 42.4. The van der Waals surface area contributed by atoms with Crippen molar-refractivity contribution in [1.29, 1.82) is 0 Å². The Bertz CT molecular complexity index is 2410. The van der Waals surface area contributed by atoms with Crippen LogP contribution in [0.3, 0.4) is 0 Å². The topological polar surface area (TPSA) is 126 Å². The molecule has 0 bridgehead atoms. The molecule has 0 unspecified atom stereocenters. The Balaban J connectivity index is 0.000000165. The van der Waals surface area contributed by atoms with Crippen molar-refractivity contribution in [3.8, 4) is 11.3 Å². The molecule has 2 amide bonds. The monoisotopic (exact) mass is 820 g/mol. The van der Waals surface area contributed by atoms with Crippen LogP contribution in [0.2, 0.25) is 5.15 Å². The van der Waals surface area contributed by atoms with Crippen LogP contribution in [0.15, 0.2) is 122 Å². The second-order valence-corrected chi connectivity index (χ2v) is 15.0. The largest absolute Gasteiger partial charge is 0.312 e. The fourth-order valence-corrected chi connectivity index (χ4v) is 7.27. The Morgan fingerprint density at radius 1 is 0.617 bits per heavy atom. The van der Waals surface area contributed by atoms with Crippen LogP contribution in [0, 0.1) is 6.92 Å². The summed E-state index contributed by atoms with van der Waals surface area (Å²) in [5.41, 5.74) is 11.0. The summed E-state index contributed by atoms with van der Waals surface area (Å²) in [5.74, 6) is 0.532. The number of aromatic nitrogens is 4. The number of ketones is 2. The number of pyridine rings is 4. The van der Waals surface area contributed by atoms with Crippen molar-refractivity contribution in [2.24, 2.45) is 0 Å². The van der Waals surface area contributed by atoms with Gasteiger partial charge in [-0.15, -0.1) is 0 Å². The van der Waals surface area contributed by atoms with Gasteiger partial charge in [-0.3, -0.25) is 34.1 Å². The lowest BCUT2D eigenvalue weighted by molar-refractivity contribution is -0.119. The Kier molecular flexibility index (Phi) is 15.1. The third-order valence-corrected chi connectivity index (χ3v) is 10.7. The SMILES string of the molecule is CCC(=O)N1CCc2cc(-c3ccc(C(=O)CCc4cccnc4)cn3)ccc21.CCC(=O)N1CCc2cc(C)ccc21.O=C(CCc1cccnc1)c1ccc(Cl)nc1. The predicted molar refractivity (Wildman–Crippen MR) is 237 cm³/mol. The van der Waals surface area contributed by atoms with Crippen LogP contribution >= 0.6 is 11.6 Å². The summed E-state index contributed by atoms with van der Waals surface area (Å²) in [6, 6.07) is 27.1. The van der Waals surface area contributed by atoms with Gasteiger partial charge in [-0.25, -0.2) is 4.98 Å². The van der Waals surface area contributed by atoms with E-state index in [4.69, 9.17) is 11.6 Å². The highest BCUT2D eigenvalue weighted by atomic mass is 35.5. The summed E-state index contributed by atoms with van der Waals surface area (Å²) in [6.45, 7) is 7.48. The van der Waals surface area contributed by atoms with Crippen molar-refractivity contribution in [2.75, 3.05) is 22.9 Å². The lowest BCUT2D eigenvalue weighted by Gasteiger charge is -2.16. The number of benzene rings is 2. The number of anilines is 2. The number of hydrogen-bond acceptors (Lipinski definition) is 8. The first kappa shape index (κ1) is 43.2. The van der Waals surface area contributed by atoms with Gasteiger partial charge in [-0.1, -0.05) is 61.3 Å². The minimum absolute atomic E-state index is 0.0676. The minimum Gasteiger partial charge on any atom is -0.312 e. The first-order chi connectivity index (χ1) is 29.1.